The molecule has 134 valence electrons. The first-order valence-corrected chi connectivity index (χ1v) is 8.61. The summed E-state index contributed by atoms with van der Waals surface area (Å²) in [5.41, 5.74) is 1.87. The Morgan fingerprint density at radius 2 is 1.81 bits per heavy atom. The van der Waals surface area contributed by atoms with Crippen molar-refractivity contribution in [3.8, 4) is 0 Å². The van der Waals surface area contributed by atoms with Crippen molar-refractivity contribution >= 4 is 33.5 Å². The van der Waals surface area contributed by atoms with E-state index in [1.807, 2.05) is 35.1 Å². The van der Waals surface area contributed by atoms with Crippen LogP contribution in [0.4, 0.5) is 5.69 Å². The van der Waals surface area contributed by atoms with Crippen molar-refractivity contribution in [3.05, 3.63) is 64.7 Å². The van der Waals surface area contributed by atoms with E-state index in [1.54, 1.807) is 6.20 Å². The third kappa shape index (κ3) is 4.79. The summed E-state index contributed by atoms with van der Waals surface area (Å²) in [6, 6.07) is 7.53. The number of hydrogen-bond acceptors (Lipinski definition) is 4. The summed E-state index contributed by atoms with van der Waals surface area (Å²) in [6.07, 6.45) is 6.48. The number of carbonyl (C=O) groups is 2. The number of hydrogen-bond donors (Lipinski definition) is 2. The molecule has 1 amide bonds. The Balaban J connectivity index is 1.49. The van der Waals surface area contributed by atoms with Gasteiger partial charge in [0.25, 0.3) is 0 Å². The van der Waals surface area contributed by atoms with Crippen molar-refractivity contribution in [3.63, 3.8) is 0 Å². The van der Waals surface area contributed by atoms with Crippen LogP contribution in [-0.4, -0.2) is 36.5 Å². The quantitative estimate of drug-likeness (QED) is 0.614. The molecule has 0 bridgehead atoms. The number of aromatic nitrogens is 4. The molecule has 0 spiro atoms. The standard InChI is InChI=1S/C17H16BrN5O3/c18-14-8-20-23(11-14)9-12-1-3-15(4-2-12)21-16(24)5-6-22-10-13(7-19-22)17(25)26/h1-4,7-8,10-11H,5-6,9H2,(H,21,24)(H,25,26). The Morgan fingerprint density at radius 1 is 1.08 bits per heavy atom. The van der Waals surface area contributed by atoms with E-state index < -0.39 is 5.97 Å². The van der Waals surface area contributed by atoms with Gasteiger partial charge < -0.3 is 10.4 Å². The molecule has 0 saturated carbocycles. The summed E-state index contributed by atoms with van der Waals surface area (Å²) in [7, 11) is 0. The Morgan fingerprint density at radius 3 is 2.42 bits per heavy atom. The van der Waals surface area contributed by atoms with E-state index >= 15 is 0 Å². The minimum absolute atomic E-state index is 0.102. The van der Waals surface area contributed by atoms with E-state index in [1.165, 1.54) is 17.1 Å². The normalized spacial score (nSPS) is 10.7. The fourth-order valence-electron chi connectivity index (χ4n) is 2.34. The van der Waals surface area contributed by atoms with E-state index in [2.05, 4.69) is 31.4 Å². The van der Waals surface area contributed by atoms with Gasteiger partial charge in [0.15, 0.2) is 0 Å². The molecular weight excluding hydrogens is 402 g/mol. The molecule has 3 aromatic rings. The number of carboxylic acids is 1. The van der Waals surface area contributed by atoms with Crippen LogP contribution in [0.3, 0.4) is 0 Å². The number of anilines is 1. The molecule has 9 heteroatoms. The smallest absolute Gasteiger partial charge is 0.338 e. The second-order valence-electron chi connectivity index (χ2n) is 5.65. The summed E-state index contributed by atoms with van der Waals surface area (Å²) in [5, 5.41) is 19.8. The molecule has 0 aliphatic heterocycles. The van der Waals surface area contributed by atoms with Crippen LogP contribution in [0.15, 0.2) is 53.5 Å². The molecule has 0 saturated heterocycles. The number of nitrogens with one attached hydrogen (secondary N) is 1. The van der Waals surface area contributed by atoms with Crippen LogP contribution < -0.4 is 5.32 Å². The Hall–Kier alpha value is -2.94. The number of aromatic carboxylic acids is 1. The first kappa shape index (κ1) is 17.9. The predicted octanol–water partition coefficient (Wildman–Crippen LogP) is 2.62. The van der Waals surface area contributed by atoms with Crippen molar-refractivity contribution in [2.45, 2.75) is 19.5 Å². The van der Waals surface area contributed by atoms with Crippen molar-refractivity contribution in [1.82, 2.24) is 19.6 Å². The largest absolute Gasteiger partial charge is 0.478 e. The lowest BCUT2D eigenvalue weighted by Gasteiger charge is -2.07. The SMILES string of the molecule is O=C(CCn1cc(C(=O)O)cn1)Nc1ccc(Cn2cc(Br)cn2)cc1. The lowest BCUT2D eigenvalue weighted by Crippen LogP contribution is -2.14. The highest BCUT2D eigenvalue weighted by Crippen LogP contribution is 2.13. The molecule has 26 heavy (non-hydrogen) atoms. The molecule has 2 N–H and O–H groups in total. The fourth-order valence-corrected chi connectivity index (χ4v) is 2.67. The van der Waals surface area contributed by atoms with Crippen molar-refractivity contribution in [2.75, 3.05) is 5.32 Å². The van der Waals surface area contributed by atoms with Crippen molar-refractivity contribution in [2.24, 2.45) is 0 Å². The first-order valence-electron chi connectivity index (χ1n) is 7.82. The maximum atomic E-state index is 12.0. The van der Waals surface area contributed by atoms with Crippen molar-refractivity contribution < 1.29 is 14.7 Å². The molecule has 2 heterocycles. The second kappa shape index (κ2) is 7.96. The lowest BCUT2D eigenvalue weighted by molar-refractivity contribution is -0.116. The Kier molecular flexibility index (Phi) is 5.47. The average Bonchev–Trinajstić information content (AvgIpc) is 3.24. The van der Waals surface area contributed by atoms with Crippen LogP contribution in [0, 0.1) is 0 Å². The first-order chi connectivity index (χ1) is 12.5. The predicted molar refractivity (Wildman–Crippen MR) is 97.9 cm³/mol. The molecule has 0 atom stereocenters. The Labute approximate surface area is 157 Å². The van der Waals surface area contributed by atoms with Crippen LogP contribution in [0.5, 0.6) is 0 Å². The number of nitrogens with zero attached hydrogens (tertiary/aromatic N) is 4. The van der Waals surface area contributed by atoms with E-state index in [0.717, 1.165) is 10.0 Å². The average molecular weight is 418 g/mol. The maximum absolute atomic E-state index is 12.0. The van der Waals surface area contributed by atoms with Gasteiger partial charge in [-0.1, -0.05) is 12.1 Å². The minimum Gasteiger partial charge on any atom is -0.478 e. The third-order valence-electron chi connectivity index (χ3n) is 3.63. The van der Waals surface area contributed by atoms with Gasteiger partial charge in [0.05, 0.1) is 29.0 Å². The number of aryl methyl sites for hydroxylation is 1. The molecule has 1 aromatic carbocycles. The number of carboxylic acid groups (broad SMARTS) is 1. The van der Waals surface area contributed by atoms with Gasteiger partial charge in [0.1, 0.15) is 0 Å². The van der Waals surface area contributed by atoms with Gasteiger partial charge in [-0.25, -0.2) is 4.79 Å². The van der Waals surface area contributed by atoms with Gasteiger partial charge in [0, 0.05) is 31.0 Å². The summed E-state index contributed by atoms with van der Waals surface area (Å²) in [4.78, 5) is 22.8. The van der Waals surface area contributed by atoms with Crippen LogP contribution in [-0.2, 0) is 17.9 Å². The summed E-state index contributed by atoms with van der Waals surface area (Å²) in [5.74, 6) is -1.20. The highest BCUT2D eigenvalue weighted by molar-refractivity contribution is 9.10. The molecule has 2 aromatic heterocycles. The fraction of sp³-hybridized carbons (Fsp3) is 0.176. The number of benzene rings is 1. The number of carbonyl (C=O) groups excluding carboxylic acids is 1. The highest BCUT2D eigenvalue weighted by atomic mass is 79.9. The molecule has 0 aliphatic carbocycles. The van der Waals surface area contributed by atoms with Crippen LogP contribution in [0.1, 0.15) is 22.3 Å². The summed E-state index contributed by atoms with van der Waals surface area (Å²) < 4.78 is 4.18. The van der Waals surface area contributed by atoms with E-state index in [-0.39, 0.29) is 17.9 Å². The highest BCUT2D eigenvalue weighted by Gasteiger charge is 2.08. The van der Waals surface area contributed by atoms with Gasteiger partial charge in [-0.05, 0) is 33.6 Å². The zero-order valence-corrected chi connectivity index (χ0v) is 15.3. The molecule has 0 aliphatic rings. The molecular formula is C17H16BrN5O3. The Bertz CT molecular complexity index is 917. The molecule has 0 fully saturated rings. The van der Waals surface area contributed by atoms with E-state index in [0.29, 0.717) is 18.8 Å². The lowest BCUT2D eigenvalue weighted by atomic mass is 10.2. The molecule has 0 radical (unpaired) electrons. The van der Waals surface area contributed by atoms with Gasteiger partial charge in [0.2, 0.25) is 5.91 Å². The van der Waals surface area contributed by atoms with Gasteiger partial charge in [-0.15, -0.1) is 0 Å². The van der Waals surface area contributed by atoms with Crippen LogP contribution in [0.2, 0.25) is 0 Å². The minimum atomic E-state index is -1.04. The number of halogens is 1. The molecule has 0 unspecified atom stereocenters. The summed E-state index contributed by atoms with van der Waals surface area (Å²) in [6.45, 7) is 0.955. The van der Waals surface area contributed by atoms with Gasteiger partial charge >= 0.3 is 5.97 Å². The topological polar surface area (TPSA) is 102 Å². The van der Waals surface area contributed by atoms with E-state index in [9.17, 15) is 9.59 Å². The molecule has 3 rings (SSSR count). The summed E-state index contributed by atoms with van der Waals surface area (Å²) >= 11 is 3.36. The zero-order valence-electron chi connectivity index (χ0n) is 13.7. The van der Waals surface area contributed by atoms with E-state index in [4.69, 9.17) is 5.11 Å². The van der Waals surface area contributed by atoms with Gasteiger partial charge in [-0.3, -0.25) is 14.2 Å². The van der Waals surface area contributed by atoms with Crippen LogP contribution >= 0.6 is 15.9 Å². The maximum Gasteiger partial charge on any atom is 0.338 e. The zero-order chi connectivity index (χ0) is 18.5. The van der Waals surface area contributed by atoms with Crippen LogP contribution in [0.25, 0.3) is 0 Å². The van der Waals surface area contributed by atoms with Gasteiger partial charge in [-0.2, -0.15) is 10.2 Å². The molecule has 8 nitrogen and oxygen atoms in total. The van der Waals surface area contributed by atoms with Crippen molar-refractivity contribution in [1.29, 1.82) is 0 Å². The number of amides is 1. The second-order valence-corrected chi connectivity index (χ2v) is 6.56. The monoisotopic (exact) mass is 417 g/mol. The number of rotatable bonds is 7. The third-order valence-corrected chi connectivity index (χ3v) is 4.04.